The largest absolute Gasteiger partial charge is 0.271 e. The maximum atomic E-state index is 11.7. The average Bonchev–Trinajstić information content (AvgIpc) is 2.46. The zero-order valence-corrected chi connectivity index (χ0v) is 10.3. The van der Waals surface area contributed by atoms with Crippen LogP contribution in [0.25, 0.3) is 0 Å². The third-order valence-electron chi connectivity index (χ3n) is 3.04. The average molecular weight is 262 g/mol. The van der Waals surface area contributed by atoms with Crippen LogP contribution >= 0.6 is 0 Å². The highest BCUT2D eigenvalue weighted by atomic mass is 16.6. The molecule has 1 aliphatic carbocycles. The second-order valence-corrected chi connectivity index (χ2v) is 4.33. The Balaban J connectivity index is 2.04. The van der Waals surface area contributed by atoms with Gasteiger partial charge in [0.1, 0.15) is 5.71 Å². The Morgan fingerprint density at radius 2 is 2.16 bits per heavy atom. The summed E-state index contributed by atoms with van der Waals surface area (Å²) in [7, 11) is 0. The number of carbonyl (C=O) groups excluding carboxylic acids is 1. The molecular formula is C12H14N4O3. The number of nitro groups is 1. The number of hydrogen-bond acceptors (Lipinski definition) is 5. The smallest absolute Gasteiger partial charge is 0.267 e. The summed E-state index contributed by atoms with van der Waals surface area (Å²) < 4.78 is 0. The van der Waals surface area contributed by atoms with Gasteiger partial charge in [-0.1, -0.05) is 0 Å². The summed E-state index contributed by atoms with van der Waals surface area (Å²) >= 11 is 0. The fourth-order valence-electron chi connectivity index (χ4n) is 2.02. The Bertz CT molecular complexity index is 501. The molecule has 0 aliphatic heterocycles. The third-order valence-corrected chi connectivity index (χ3v) is 3.04. The fourth-order valence-corrected chi connectivity index (χ4v) is 2.02. The lowest BCUT2D eigenvalue weighted by molar-refractivity contribution is -0.504. The molecule has 1 unspecified atom stereocenters. The highest BCUT2D eigenvalue weighted by molar-refractivity contribution is 5.96. The summed E-state index contributed by atoms with van der Waals surface area (Å²) in [5.41, 5.74) is 3.24. The Morgan fingerprint density at radius 3 is 2.84 bits per heavy atom. The van der Waals surface area contributed by atoms with Crippen LogP contribution < -0.4 is 5.43 Å². The lowest BCUT2D eigenvalue weighted by atomic mass is 9.94. The van der Waals surface area contributed by atoms with Gasteiger partial charge in [0.2, 0.25) is 0 Å². The number of nitrogens with one attached hydrogen (secondary N) is 1. The van der Waals surface area contributed by atoms with Crippen molar-refractivity contribution in [2.24, 2.45) is 5.10 Å². The monoisotopic (exact) mass is 262 g/mol. The molecule has 7 heteroatoms. The highest BCUT2D eigenvalue weighted by Crippen LogP contribution is 2.17. The SMILES string of the molecule is O=C(NN=C1CCCCC1[N+](=O)[O-])c1ccncc1. The molecule has 0 radical (unpaired) electrons. The van der Waals surface area contributed by atoms with Crippen LogP contribution in [0, 0.1) is 10.1 Å². The topological polar surface area (TPSA) is 97.5 Å². The van der Waals surface area contributed by atoms with Crippen LogP contribution in [0.3, 0.4) is 0 Å². The van der Waals surface area contributed by atoms with E-state index in [1.54, 1.807) is 12.1 Å². The van der Waals surface area contributed by atoms with Gasteiger partial charge in [0.15, 0.2) is 0 Å². The van der Waals surface area contributed by atoms with Crippen molar-refractivity contribution in [3.05, 3.63) is 40.2 Å². The van der Waals surface area contributed by atoms with Crippen LogP contribution in [0.4, 0.5) is 0 Å². The Hall–Kier alpha value is -2.31. The van der Waals surface area contributed by atoms with Gasteiger partial charge in [-0.3, -0.25) is 19.9 Å². The van der Waals surface area contributed by atoms with E-state index in [0.29, 0.717) is 24.1 Å². The van der Waals surface area contributed by atoms with E-state index in [1.807, 2.05) is 0 Å². The summed E-state index contributed by atoms with van der Waals surface area (Å²) in [6.07, 6.45) is 5.74. The maximum Gasteiger partial charge on any atom is 0.271 e. The van der Waals surface area contributed by atoms with E-state index in [0.717, 1.165) is 12.8 Å². The minimum absolute atomic E-state index is 0.337. The molecule has 2 rings (SSSR count). The number of hydrazone groups is 1. The van der Waals surface area contributed by atoms with Crippen LogP contribution in [-0.2, 0) is 0 Å². The van der Waals surface area contributed by atoms with Gasteiger partial charge in [0.05, 0.1) is 0 Å². The molecule has 1 heterocycles. The van der Waals surface area contributed by atoms with Gasteiger partial charge in [0, 0.05) is 29.3 Å². The molecule has 0 aromatic carbocycles. The predicted octanol–water partition coefficient (Wildman–Crippen LogP) is 1.39. The van der Waals surface area contributed by atoms with E-state index in [2.05, 4.69) is 15.5 Å². The van der Waals surface area contributed by atoms with Gasteiger partial charge in [-0.2, -0.15) is 5.10 Å². The number of amides is 1. The van der Waals surface area contributed by atoms with Gasteiger partial charge < -0.3 is 0 Å². The number of nitrogens with zero attached hydrogens (tertiary/aromatic N) is 3. The standard InChI is InChI=1S/C12H14N4O3/c17-12(9-5-7-13-8-6-9)15-14-10-3-1-2-4-11(10)16(18)19/h5-8,11H,1-4H2,(H,15,17). The minimum Gasteiger partial charge on any atom is -0.267 e. The molecular weight excluding hydrogens is 248 g/mol. The number of carbonyl (C=O) groups is 1. The minimum atomic E-state index is -0.772. The van der Waals surface area contributed by atoms with Gasteiger partial charge in [-0.05, 0) is 31.4 Å². The first-order chi connectivity index (χ1) is 9.18. The fraction of sp³-hybridized carbons (Fsp3) is 0.417. The molecule has 1 amide bonds. The van der Waals surface area contributed by atoms with Crippen molar-refractivity contribution in [2.45, 2.75) is 31.7 Å². The molecule has 1 aliphatic rings. The molecule has 19 heavy (non-hydrogen) atoms. The van der Waals surface area contributed by atoms with E-state index < -0.39 is 6.04 Å². The predicted molar refractivity (Wildman–Crippen MR) is 68.4 cm³/mol. The normalized spacial score (nSPS) is 21.1. The molecule has 1 saturated carbocycles. The van der Waals surface area contributed by atoms with Crippen molar-refractivity contribution >= 4 is 11.6 Å². The first kappa shape index (κ1) is 13.1. The van der Waals surface area contributed by atoms with Crippen LogP contribution in [0.5, 0.6) is 0 Å². The van der Waals surface area contributed by atoms with Crippen molar-refractivity contribution in [3.8, 4) is 0 Å². The van der Waals surface area contributed by atoms with E-state index >= 15 is 0 Å². The second kappa shape index (κ2) is 6.03. The van der Waals surface area contributed by atoms with Crippen molar-refractivity contribution in [2.75, 3.05) is 0 Å². The van der Waals surface area contributed by atoms with Crippen molar-refractivity contribution in [1.82, 2.24) is 10.4 Å². The molecule has 0 bridgehead atoms. The number of pyridine rings is 1. The van der Waals surface area contributed by atoms with Crippen molar-refractivity contribution in [3.63, 3.8) is 0 Å². The van der Waals surface area contributed by atoms with Crippen LogP contribution in [0.2, 0.25) is 0 Å². The van der Waals surface area contributed by atoms with E-state index in [4.69, 9.17) is 0 Å². The Labute approximate surface area is 109 Å². The molecule has 0 saturated heterocycles. The number of rotatable bonds is 3. The van der Waals surface area contributed by atoms with Gasteiger partial charge in [0.25, 0.3) is 11.9 Å². The molecule has 7 nitrogen and oxygen atoms in total. The second-order valence-electron chi connectivity index (χ2n) is 4.33. The molecule has 1 N–H and O–H groups in total. The molecule has 100 valence electrons. The van der Waals surface area contributed by atoms with Gasteiger partial charge in [-0.15, -0.1) is 0 Å². The quantitative estimate of drug-likeness (QED) is 0.657. The van der Waals surface area contributed by atoms with Crippen molar-refractivity contribution < 1.29 is 9.72 Å². The van der Waals surface area contributed by atoms with Gasteiger partial charge >= 0.3 is 0 Å². The van der Waals surface area contributed by atoms with Crippen LogP contribution in [0.1, 0.15) is 36.0 Å². The van der Waals surface area contributed by atoms with Crippen LogP contribution in [-0.4, -0.2) is 27.6 Å². The number of aromatic nitrogens is 1. The first-order valence-corrected chi connectivity index (χ1v) is 6.09. The summed E-state index contributed by atoms with van der Waals surface area (Å²) in [4.78, 5) is 26.1. The molecule has 1 fully saturated rings. The molecule has 1 atom stereocenters. The number of hydrogen-bond donors (Lipinski definition) is 1. The molecule has 0 spiro atoms. The van der Waals surface area contributed by atoms with E-state index in [1.165, 1.54) is 12.4 Å². The van der Waals surface area contributed by atoms with E-state index in [-0.39, 0.29) is 10.8 Å². The van der Waals surface area contributed by atoms with Crippen LogP contribution in [0.15, 0.2) is 29.6 Å². The summed E-state index contributed by atoms with van der Waals surface area (Å²) in [6.45, 7) is 0. The lowest BCUT2D eigenvalue weighted by Gasteiger charge is -2.17. The first-order valence-electron chi connectivity index (χ1n) is 6.09. The third kappa shape index (κ3) is 3.34. The maximum absolute atomic E-state index is 11.7. The Morgan fingerprint density at radius 1 is 1.42 bits per heavy atom. The Kier molecular flexibility index (Phi) is 4.17. The highest BCUT2D eigenvalue weighted by Gasteiger charge is 2.30. The zero-order valence-electron chi connectivity index (χ0n) is 10.3. The van der Waals surface area contributed by atoms with Gasteiger partial charge in [-0.25, -0.2) is 5.43 Å². The molecule has 1 aromatic heterocycles. The zero-order chi connectivity index (χ0) is 13.7. The van der Waals surface area contributed by atoms with Crippen molar-refractivity contribution in [1.29, 1.82) is 0 Å². The van der Waals surface area contributed by atoms with E-state index in [9.17, 15) is 14.9 Å². The summed E-state index contributed by atoms with van der Waals surface area (Å²) in [5, 5.41) is 14.8. The summed E-state index contributed by atoms with van der Waals surface area (Å²) in [6, 6.07) is 2.34. The molecule has 1 aromatic rings. The lowest BCUT2D eigenvalue weighted by Crippen LogP contribution is -2.34. The summed E-state index contributed by atoms with van der Waals surface area (Å²) in [5.74, 6) is -0.387.